The Bertz CT molecular complexity index is 325. The van der Waals surface area contributed by atoms with Crippen LogP contribution in [0.15, 0.2) is 24.3 Å². The van der Waals surface area contributed by atoms with Crippen molar-refractivity contribution in [3.63, 3.8) is 0 Å². The molecule has 1 N–H and O–H groups in total. The van der Waals surface area contributed by atoms with E-state index in [2.05, 4.69) is 11.8 Å². The van der Waals surface area contributed by atoms with Gasteiger partial charge in [0.25, 0.3) is 0 Å². The third-order valence-corrected chi connectivity index (χ3v) is 3.81. The van der Waals surface area contributed by atoms with Crippen molar-refractivity contribution in [2.24, 2.45) is 0 Å². The number of phenolic OH excluding ortho intramolecular Hbond substituents is 1. The molecule has 1 atom stereocenters. The van der Waals surface area contributed by atoms with E-state index in [4.69, 9.17) is 0 Å². The number of nitrogens with zero attached hydrogens (tertiary/aromatic N) is 1. The highest BCUT2D eigenvalue weighted by molar-refractivity contribution is 5.27. The second kappa shape index (κ2) is 6.06. The van der Waals surface area contributed by atoms with Crippen LogP contribution in [0.5, 0.6) is 5.75 Å². The molecule has 94 valence electrons. The highest BCUT2D eigenvalue weighted by Crippen LogP contribution is 2.24. The Labute approximate surface area is 104 Å². The van der Waals surface area contributed by atoms with Crippen LogP contribution in [0, 0.1) is 0 Å². The van der Waals surface area contributed by atoms with E-state index in [1.807, 2.05) is 12.1 Å². The van der Waals surface area contributed by atoms with E-state index >= 15 is 0 Å². The molecule has 0 radical (unpaired) electrons. The second-order valence-electron chi connectivity index (χ2n) is 5.07. The SMILES string of the molecule is CC(c1ccc(O)cc1)N1CCCCCCC1. The molecule has 1 aromatic rings. The van der Waals surface area contributed by atoms with Crippen LogP contribution in [0.25, 0.3) is 0 Å². The van der Waals surface area contributed by atoms with E-state index in [1.165, 1.54) is 50.8 Å². The lowest BCUT2D eigenvalue weighted by molar-refractivity contribution is 0.191. The topological polar surface area (TPSA) is 23.5 Å². The Morgan fingerprint density at radius 3 is 2.06 bits per heavy atom. The molecule has 1 fully saturated rings. The molecule has 0 bridgehead atoms. The fraction of sp³-hybridized carbons (Fsp3) is 0.600. The summed E-state index contributed by atoms with van der Waals surface area (Å²) in [6.45, 7) is 4.69. The van der Waals surface area contributed by atoms with Crippen LogP contribution >= 0.6 is 0 Å². The predicted molar refractivity (Wildman–Crippen MR) is 71.2 cm³/mol. The van der Waals surface area contributed by atoms with Gasteiger partial charge in [-0.15, -0.1) is 0 Å². The van der Waals surface area contributed by atoms with Crippen molar-refractivity contribution >= 4 is 0 Å². The van der Waals surface area contributed by atoms with Crippen molar-refractivity contribution in [2.45, 2.75) is 45.1 Å². The first kappa shape index (κ1) is 12.4. The van der Waals surface area contributed by atoms with Crippen molar-refractivity contribution in [1.82, 2.24) is 4.90 Å². The largest absolute Gasteiger partial charge is 0.508 e. The molecular formula is C15H23NO. The Balaban J connectivity index is 2.01. The summed E-state index contributed by atoms with van der Waals surface area (Å²) < 4.78 is 0. The molecule has 1 unspecified atom stereocenters. The zero-order chi connectivity index (χ0) is 12.1. The van der Waals surface area contributed by atoms with Crippen LogP contribution in [0.3, 0.4) is 0 Å². The van der Waals surface area contributed by atoms with Crippen molar-refractivity contribution in [3.8, 4) is 5.75 Å². The molecule has 0 saturated carbocycles. The van der Waals surface area contributed by atoms with Crippen molar-refractivity contribution in [2.75, 3.05) is 13.1 Å². The van der Waals surface area contributed by atoms with Gasteiger partial charge in [-0.25, -0.2) is 0 Å². The number of aromatic hydroxyl groups is 1. The van der Waals surface area contributed by atoms with E-state index < -0.39 is 0 Å². The number of hydrogen-bond donors (Lipinski definition) is 1. The van der Waals surface area contributed by atoms with Crippen LogP contribution in [0.4, 0.5) is 0 Å². The number of phenols is 1. The van der Waals surface area contributed by atoms with Gasteiger partial charge in [0.1, 0.15) is 5.75 Å². The minimum atomic E-state index is 0.355. The number of benzene rings is 1. The maximum atomic E-state index is 9.32. The van der Waals surface area contributed by atoms with E-state index in [-0.39, 0.29) is 0 Å². The van der Waals surface area contributed by atoms with Gasteiger partial charge in [0.05, 0.1) is 0 Å². The first-order chi connectivity index (χ1) is 8.27. The minimum absolute atomic E-state index is 0.355. The van der Waals surface area contributed by atoms with Gasteiger partial charge in [-0.05, 0) is 50.6 Å². The van der Waals surface area contributed by atoms with Gasteiger partial charge in [0, 0.05) is 6.04 Å². The zero-order valence-electron chi connectivity index (χ0n) is 10.7. The third-order valence-electron chi connectivity index (χ3n) is 3.81. The van der Waals surface area contributed by atoms with E-state index in [9.17, 15) is 5.11 Å². The molecular weight excluding hydrogens is 210 g/mol. The summed E-state index contributed by atoms with van der Waals surface area (Å²) in [6, 6.07) is 8.12. The highest BCUT2D eigenvalue weighted by atomic mass is 16.3. The Kier molecular flexibility index (Phi) is 4.43. The fourth-order valence-electron chi connectivity index (χ4n) is 2.62. The van der Waals surface area contributed by atoms with E-state index in [0.29, 0.717) is 11.8 Å². The smallest absolute Gasteiger partial charge is 0.115 e. The molecule has 1 aromatic carbocycles. The first-order valence-corrected chi connectivity index (χ1v) is 6.80. The number of rotatable bonds is 2. The fourth-order valence-corrected chi connectivity index (χ4v) is 2.62. The van der Waals surface area contributed by atoms with Gasteiger partial charge in [0.15, 0.2) is 0 Å². The predicted octanol–water partition coefficient (Wildman–Crippen LogP) is 3.72. The molecule has 1 heterocycles. The van der Waals surface area contributed by atoms with Crippen LogP contribution in [-0.2, 0) is 0 Å². The first-order valence-electron chi connectivity index (χ1n) is 6.80. The van der Waals surface area contributed by atoms with Gasteiger partial charge in [0.2, 0.25) is 0 Å². The number of likely N-dealkylation sites (tertiary alicyclic amines) is 1. The molecule has 2 rings (SSSR count). The third kappa shape index (κ3) is 3.47. The summed E-state index contributed by atoms with van der Waals surface area (Å²) >= 11 is 0. The number of hydrogen-bond acceptors (Lipinski definition) is 2. The molecule has 2 nitrogen and oxygen atoms in total. The van der Waals surface area contributed by atoms with Gasteiger partial charge >= 0.3 is 0 Å². The van der Waals surface area contributed by atoms with Gasteiger partial charge in [-0.3, -0.25) is 4.90 Å². The summed E-state index contributed by atoms with van der Waals surface area (Å²) in [5, 5.41) is 9.32. The Morgan fingerprint density at radius 1 is 0.941 bits per heavy atom. The van der Waals surface area contributed by atoms with E-state index in [1.54, 1.807) is 12.1 Å². The van der Waals surface area contributed by atoms with Crippen LogP contribution < -0.4 is 0 Å². The van der Waals surface area contributed by atoms with E-state index in [0.717, 1.165) is 0 Å². The molecule has 0 spiro atoms. The van der Waals surface area contributed by atoms with Crippen molar-refractivity contribution in [1.29, 1.82) is 0 Å². The minimum Gasteiger partial charge on any atom is -0.508 e. The lowest BCUT2D eigenvalue weighted by Gasteiger charge is -2.31. The Morgan fingerprint density at radius 2 is 1.47 bits per heavy atom. The summed E-state index contributed by atoms with van der Waals surface area (Å²) in [6.07, 6.45) is 6.80. The zero-order valence-corrected chi connectivity index (χ0v) is 10.7. The van der Waals surface area contributed by atoms with Gasteiger partial charge in [-0.2, -0.15) is 0 Å². The molecule has 0 aromatic heterocycles. The molecule has 1 saturated heterocycles. The average molecular weight is 233 g/mol. The van der Waals surface area contributed by atoms with Crippen molar-refractivity contribution in [3.05, 3.63) is 29.8 Å². The van der Waals surface area contributed by atoms with Crippen molar-refractivity contribution < 1.29 is 5.11 Å². The second-order valence-corrected chi connectivity index (χ2v) is 5.07. The maximum Gasteiger partial charge on any atom is 0.115 e. The van der Waals surface area contributed by atoms with Crippen LogP contribution in [0.1, 0.15) is 50.6 Å². The molecule has 0 aliphatic carbocycles. The molecule has 2 heteroatoms. The van der Waals surface area contributed by atoms with Crippen LogP contribution in [-0.4, -0.2) is 23.1 Å². The van der Waals surface area contributed by atoms with Gasteiger partial charge in [-0.1, -0.05) is 31.4 Å². The summed E-state index contributed by atoms with van der Waals surface area (Å²) in [5.41, 5.74) is 1.31. The molecule has 17 heavy (non-hydrogen) atoms. The highest BCUT2D eigenvalue weighted by Gasteiger charge is 2.16. The normalized spacial score (nSPS) is 20.5. The monoisotopic (exact) mass is 233 g/mol. The Hall–Kier alpha value is -1.02. The average Bonchev–Trinajstić information content (AvgIpc) is 2.29. The maximum absolute atomic E-state index is 9.32. The summed E-state index contributed by atoms with van der Waals surface area (Å²) in [7, 11) is 0. The molecule has 1 aliphatic rings. The van der Waals surface area contributed by atoms with Gasteiger partial charge < -0.3 is 5.11 Å². The standard InChI is InChI=1S/C15H23NO/c1-13(14-7-9-15(17)10-8-14)16-11-5-3-2-4-6-12-16/h7-10,13,17H,2-6,11-12H2,1H3. The summed E-state index contributed by atoms with van der Waals surface area (Å²) in [4.78, 5) is 2.57. The van der Waals surface area contributed by atoms with Crippen LogP contribution in [0.2, 0.25) is 0 Å². The quantitative estimate of drug-likeness (QED) is 0.841. The lowest BCUT2D eigenvalue weighted by Crippen LogP contribution is -2.30. The molecule has 0 amide bonds. The summed E-state index contributed by atoms with van der Waals surface area (Å²) in [5.74, 6) is 0.355. The molecule has 1 aliphatic heterocycles. The lowest BCUT2D eigenvalue weighted by atomic mass is 10.0.